The molecule has 0 radical (unpaired) electrons. The zero-order chi connectivity index (χ0) is 33.4. The van der Waals surface area contributed by atoms with Gasteiger partial charge in [0.15, 0.2) is 5.65 Å². The van der Waals surface area contributed by atoms with Gasteiger partial charge in [-0.3, -0.25) is 14.2 Å². The normalized spacial score (nSPS) is 11.9. The number of benzene rings is 2. The number of carbonyl (C=O) groups excluding carboxylic acids is 1. The van der Waals surface area contributed by atoms with E-state index >= 15 is 0 Å². The van der Waals surface area contributed by atoms with Gasteiger partial charge in [-0.1, -0.05) is 64.6 Å². The second-order valence-corrected chi connectivity index (χ2v) is 13.8. The number of anilines is 1. The van der Waals surface area contributed by atoms with Crippen LogP contribution < -0.4 is 15.4 Å². The molecule has 3 N–H and O–H groups in total. The van der Waals surface area contributed by atoms with Crippen molar-refractivity contribution in [2.24, 2.45) is 5.41 Å². The van der Waals surface area contributed by atoms with Gasteiger partial charge in [-0.05, 0) is 59.7 Å². The number of hydrogen-bond acceptors (Lipinski definition) is 8. The van der Waals surface area contributed by atoms with Gasteiger partial charge in [-0.15, -0.1) is 10.2 Å². The van der Waals surface area contributed by atoms with Gasteiger partial charge in [-0.25, -0.2) is 0 Å². The number of hydrogen-bond donors (Lipinski definition) is 3. The Morgan fingerprint density at radius 3 is 2.45 bits per heavy atom. The van der Waals surface area contributed by atoms with Crippen molar-refractivity contribution < 1.29 is 9.53 Å². The predicted molar refractivity (Wildman–Crippen MR) is 188 cm³/mol. The van der Waals surface area contributed by atoms with Crippen LogP contribution in [0.25, 0.3) is 5.65 Å². The van der Waals surface area contributed by atoms with Crippen molar-refractivity contribution in [1.82, 2.24) is 24.9 Å². The summed E-state index contributed by atoms with van der Waals surface area (Å²) in [4.78, 5) is 19.4. The van der Waals surface area contributed by atoms with E-state index < -0.39 is 5.41 Å². The fourth-order valence-corrected chi connectivity index (χ4v) is 5.49. The summed E-state index contributed by atoms with van der Waals surface area (Å²) in [6.45, 7) is 10.6. The van der Waals surface area contributed by atoms with Crippen LogP contribution in [0.2, 0.25) is 0 Å². The first-order valence-electron chi connectivity index (χ1n) is 15.6. The average molecular weight is 648 g/mol. The predicted octanol–water partition coefficient (Wildman–Crippen LogP) is 7.70. The number of ether oxygens (including phenoxy) is 1. The van der Waals surface area contributed by atoms with Crippen LogP contribution in [0.3, 0.4) is 0 Å². The Balaban J connectivity index is 1.22. The summed E-state index contributed by atoms with van der Waals surface area (Å²) in [5.74, 6) is 2.16. The molecule has 0 saturated carbocycles. The molecule has 47 heavy (non-hydrogen) atoms. The molecule has 0 aliphatic rings. The first-order chi connectivity index (χ1) is 22.5. The maximum Gasteiger partial charge on any atom is 0.229 e. The molecule has 0 unspecified atom stereocenters. The van der Waals surface area contributed by atoms with Crippen molar-refractivity contribution in [3.05, 3.63) is 120 Å². The lowest BCUT2D eigenvalue weighted by molar-refractivity contribution is -0.119. The average Bonchev–Trinajstić information content (AvgIpc) is 3.46. The van der Waals surface area contributed by atoms with E-state index in [1.54, 1.807) is 30.2 Å². The van der Waals surface area contributed by atoms with Crippen LogP contribution in [0, 0.1) is 10.8 Å². The van der Waals surface area contributed by atoms with E-state index in [4.69, 9.17) is 10.1 Å². The zero-order valence-corrected chi connectivity index (χ0v) is 28.3. The van der Waals surface area contributed by atoms with Crippen LogP contribution in [0.1, 0.15) is 57.5 Å². The maximum absolute atomic E-state index is 13.2. The molecular weight excluding hydrogens is 607 g/mol. The number of fused-ring (bicyclic) bond motifs is 1. The Morgan fingerprint density at radius 2 is 1.72 bits per heavy atom. The summed E-state index contributed by atoms with van der Waals surface area (Å²) in [6.07, 6.45) is 8.24. The van der Waals surface area contributed by atoms with Crippen molar-refractivity contribution >= 4 is 34.7 Å². The number of aromatic nitrogens is 4. The number of nitrogens with one attached hydrogen (secondary N) is 3. The molecule has 0 aliphatic carbocycles. The molecule has 0 bridgehead atoms. The Hall–Kier alpha value is -4.96. The lowest BCUT2D eigenvalue weighted by atomic mass is 9.90. The summed E-state index contributed by atoms with van der Waals surface area (Å²) < 4.78 is 8.03. The molecule has 0 spiro atoms. The van der Waals surface area contributed by atoms with Gasteiger partial charge >= 0.3 is 0 Å². The first-order valence-corrected chi connectivity index (χ1v) is 16.5. The molecule has 242 valence electrons. The molecule has 5 rings (SSSR count). The zero-order valence-electron chi connectivity index (χ0n) is 27.4. The van der Waals surface area contributed by atoms with E-state index in [9.17, 15) is 4.79 Å². The highest BCUT2D eigenvalue weighted by molar-refractivity contribution is 7.99. The molecule has 0 saturated heterocycles. The Bertz CT molecular complexity index is 1860. The molecular formula is C37H41N7O2S. The Labute approximate surface area is 280 Å². The van der Waals surface area contributed by atoms with Crippen molar-refractivity contribution in [3.63, 3.8) is 0 Å². The van der Waals surface area contributed by atoms with Gasteiger partial charge in [-0.2, -0.15) is 0 Å². The number of nitrogens with zero attached hydrogens (tertiary/aromatic N) is 4. The number of pyridine rings is 2. The minimum Gasteiger partial charge on any atom is -0.493 e. The lowest BCUT2D eigenvalue weighted by Gasteiger charge is -2.20. The van der Waals surface area contributed by atoms with Crippen molar-refractivity contribution in [3.8, 4) is 5.75 Å². The largest absolute Gasteiger partial charge is 0.493 e. The SMILES string of the molecule is CC(C)c1nnc2ccc(Sc3ccc(CC(=O)N/C(=C/C(=N)C(C)(C)C)Nc4cccc(OCCc5ccncc5)c4)cc3)cn12. The number of carbonyl (C=O) groups is 1. The van der Waals surface area contributed by atoms with Crippen LogP contribution in [0.4, 0.5) is 5.69 Å². The molecule has 0 atom stereocenters. The number of amides is 1. The van der Waals surface area contributed by atoms with E-state index in [0.717, 1.165) is 44.5 Å². The second-order valence-electron chi connectivity index (χ2n) is 12.6. The molecule has 1 amide bonds. The van der Waals surface area contributed by atoms with Gasteiger partial charge < -0.3 is 20.8 Å². The summed E-state index contributed by atoms with van der Waals surface area (Å²) in [7, 11) is 0. The maximum atomic E-state index is 13.2. The summed E-state index contributed by atoms with van der Waals surface area (Å²) in [5.41, 5.74) is 3.61. The third-order valence-corrected chi connectivity index (χ3v) is 8.32. The monoisotopic (exact) mass is 647 g/mol. The Morgan fingerprint density at radius 1 is 0.979 bits per heavy atom. The third kappa shape index (κ3) is 9.52. The van der Waals surface area contributed by atoms with Crippen molar-refractivity contribution in [1.29, 1.82) is 5.41 Å². The molecule has 0 fully saturated rings. The van der Waals surface area contributed by atoms with E-state index in [-0.39, 0.29) is 18.2 Å². The van der Waals surface area contributed by atoms with Crippen molar-refractivity contribution in [2.75, 3.05) is 11.9 Å². The topological polar surface area (TPSA) is 117 Å². The molecule has 3 heterocycles. The van der Waals surface area contributed by atoms with Crippen LogP contribution in [-0.2, 0) is 17.6 Å². The van der Waals surface area contributed by atoms with E-state index in [1.165, 1.54) is 0 Å². The highest BCUT2D eigenvalue weighted by Crippen LogP contribution is 2.29. The number of allylic oxidation sites excluding steroid dienone is 1. The fraction of sp³-hybridized carbons (Fsp3) is 0.270. The molecule has 2 aromatic carbocycles. The molecule has 3 aromatic heterocycles. The van der Waals surface area contributed by atoms with E-state index in [1.807, 2.05) is 98.0 Å². The van der Waals surface area contributed by atoms with E-state index in [2.05, 4.69) is 45.9 Å². The highest BCUT2D eigenvalue weighted by atomic mass is 32.2. The van der Waals surface area contributed by atoms with Gasteiger partial charge in [0.05, 0.1) is 13.0 Å². The van der Waals surface area contributed by atoms with Gasteiger partial charge in [0.1, 0.15) is 17.4 Å². The van der Waals surface area contributed by atoms with Crippen LogP contribution >= 0.6 is 11.8 Å². The first kappa shape index (κ1) is 33.4. The smallest absolute Gasteiger partial charge is 0.229 e. The molecule has 9 nitrogen and oxygen atoms in total. The lowest BCUT2D eigenvalue weighted by Crippen LogP contribution is -2.30. The van der Waals surface area contributed by atoms with Gasteiger partial charge in [0, 0.05) is 69.7 Å². The molecule has 10 heteroatoms. The minimum absolute atomic E-state index is 0.185. The minimum atomic E-state index is -0.391. The third-order valence-electron chi connectivity index (χ3n) is 7.33. The standard InChI is InChI=1S/C37H41N7O2S/c1-25(2)36-43-42-34-14-13-31(24-44(34)36)47-30-11-9-27(10-12-30)21-35(45)41-33(23-32(38)37(3,4)5)40-28-7-6-8-29(22-28)46-20-17-26-15-18-39-19-16-26/h6-16,18-19,22-25,38,40H,17,20-21H2,1-5H3,(H,41,45)/b33-23+,38-32?. The highest BCUT2D eigenvalue weighted by Gasteiger charge is 2.17. The summed E-state index contributed by atoms with van der Waals surface area (Å²) in [5, 5.41) is 23.4. The fourth-order valence-electron chi connectivity index (χ4n) is 4.65. The Kier molecular flexibility index (Phi) is 10.7. The number of rotatable bonds is 13. The van der Waals surface area contributed by atoms with Crippen LogP contribution in [0.15, 0.2) is 113 Å². The van der Waals surface area contributed by atoms with Gasteiger partial charge in [0.25, 0.3) is 0 Å². The van der Waals surface area contributed by atoms with Crippen LogP contribution in [-0.4, -0.2) is 37.8 Å². The summed E-state index contributed by atoms with van der Waals surface area (Å²) in [6, 6.07) is 23.5. The van der Waals surface area contributed by atoms with Crippen LogP contribution in [0.5, 0.6) is 5.75 Å². The summed E-state index contributed by atoms with van der Waals surface area (Å²) >= 11 is 1.65. The van der Waals surface area contributed by atoms with E-state index in [0.29, 0.717) is 23.9 Å². The van der Waals surface area contributed by atoms with Gasteiger partial charge in [0.2, 0.25) is 5.91 Å². The second kappa shape index (κ2) is 15.1. The molecule has 5 aromatic rings. The quantitative estimate of drug-likeness (QED) is 0.112. The van der Waals surface area contributed by atoms with Crippen molar-refractivity contribution in [2.45, 2.75) is 63.2 Å². The molecule has 0 aliphatic heterocycles.